The Balaban J connectivity index is 2.10. The fourth-order valence-electron chi connectivity index (χ4n) is 2.31. The number of amides is 1. The van der Waals surface area contributed by atoms with E-state index in [-0.39, 0.29) is 11.9 Å². The van der Waals surface area contributed by atoms with E-state index in [0.29, 0.717) is 29.2 Å². The minimum absolute atomic E-state index is 0.0475. The molecule has 1 aromatic rings. The molecular formula is C14H15BrClNO2. The molecule has 1 saturated carbocycles. The molecule has 0 aliphatic heterocycles. The fraction of sp³-hybridized carbons (Fsp3) is 0.429. The number of Topliss-reactive ketones (excluding diaryl/α,β-unsaturated/α-hetero) is 1. The maximum absolute atomic E-state index is 12.4. The number of benzene rings is 1. The fourth-order valence-corrected chi connectivity index (χ4v) is 2.74. The third kappa shape index (κ3) is 3.37. The van der Waals surface area contributed by atoms with Crippen molar-refractivity contribution >= 4 is 39.2 Å². The molecule has 0 bridgehead atoms. The van der Waals surface area contributed by atoms with Gasteiger partial charge in [-0.2, -0.15) is 0 Å². The molecule has 2 rings (SSSR count). The predicted molar refractivity (Wildman–Crippen MR) is 78.5 cm³/mol. The number of ketones is 1. The van der Waals surface area contributed by atoms with E-state index in [4.69, 9.17) is 11.6 Å². The maximum atomic E-state index is 12.4. The Kier molecular flexibility index (Phi) is 4.63. The summed E-state index contributed by atoms with van der Waals surface area (Å²) in [5.74, 6) is 0.248. The average Bonchev–Trinajstić information content (AvgIpc) is 2.41. The van der Waals surface area contributed by atoms with Gasteiger partial charge in [0.25, 0.3) is 5.91 Å². The largest absolute Gasteiger partial charge is 0.339 e. The second-order valence-corrected chi connectivity index (χ2v) is 6.08. The van der Waals surface area contributed by atoms with Gasteiger partial charge in [-0.15, -0.1) is 0 Å². The number of halogens is 2. The SMILES string of the molecule is CN(C(=O)c1ccc(Br)c(Cl)c1)C1CCC(=O)CC1. The summed E-state index contributed by atoms with van der Waals surface area (Å²) in [5.41, 5.74) is 0.576. The smallest absolute Gasteiger partial charge is 0.253 e. The van der Waals surface area contributed by atoms with Crippen LogP contribution in [0.1, 0.15) is 36.0 Å². The van der Waals surface area contributed by atoms with Crippen LogP contribution >= 0.6 is 27.5 Å². The van der Waals surface area contributed by atoms with E-state index in [2.05, 4.69) is 15.9 Å². The summed E-state index contributed by atoms with van der Waals surface area (Å²) in [6, 6.07) is 5.34. The number of carbonyl (C=O) groups is 2. The number of nitrogens with zero attached hydrogens (tertiary/aromatic N) is 1. The maximum Gasteiger partial charge on any atom is 0.253 e. The zero-order valence-corrected chi connectivity index (χ0v) is 13.0. The Labute approximate surface area is 126 Å². The molecule has 1 amide bonds. The van der Waals surface area contributed by atoms with Crippen molar-refractivity contribution in [3.05, 3.63) is 33.3 Å². The van der Waals surface area contributed by atoms with Crippen LogP contribution in [0.5, 0.6) is 0 Å². The highest BCUT2D eigenvalue weighted by Crippen LogP contribution is 2.25. The van der Waals surface area contributed by atoms with Crippen LogP contribution in [0.2, 0.25) is 5.02 Å². The standard InChI is InChI=1S/C14H15BrClNO2/c1-17(10-3-5-11(18)6-4-10)14(19)9-2-7-12(15)13(16)8-9/h2,7-8,10H,3-6H2,1H3. The summed E-state index contributed by atoms with van der Waals surface area (Å²) in [6.07, 6.45) is 2.66. The van der Waals surface area contributed by atoms with Crippen LogP contribution in [0.25, 0.3) is 0 Å². The quantitative estimate of drug-likeness (QED) is 0.820. The van der Waals surface area contributed by atoms with Crippen molar-refractivity contribution in [1.29, 1.82) is 0 Å². The lowest BCUT2D eigenvalue weighted by Gasteiger charge is -2.30. The molecule has 0 radical (unpaired) electrons. The van der Waals surface area contributed by atoms with Crippen LogP contribution in [-0.2, 0) is 4.79 Å². The van der Waals surface area contributed by atoms with Gasteiger partial charge >= 0.3 is 0 Å². The highest BCUT2D eigenvalue weighted by Gasteiger charge is 2.26. The molecule has 0 heterocycles. The first-order chi connectivity index (χ1) is 8.99. The van der Waals surface area contributed by atoms with Crippen molar-refractivity contribution in [1.82, 2.24) is 4.90 Å². The Bertz CT molecular complexity index is 508. The highest BCUT2D eigenvalue weighted by molar-refractivity contribution is 9.10. The lowest BCUT2D eigenvalue weighted by atomic mass is 9.93. The minimum Gasteiger partial charge on any atom is -0.339 e. The van der Waals surface area contributed by atoms with Crippen molar-refractivity contribution < 1.29 is 9.59 Å². The van der Waals surface area contributed by atoms with Gasteiger partial charge < -0.3 is 4.90 Å². The van der Waals surface area contributed by atoms with Gasteiger partial charge in [-0.25, -0.2) is 0 Å². The molecule has 1 aromatic carbocycles. The van der Waals surface area contributed by atoms with Gasteiger partial charge in [0, 0.05) is 36.0 Å². The first kappa shape index (κ1) is 14.5. The average molecular weight is 345 g/mol. The van der Waals surface area contributed by atoms with Crippen molar-refractivity contribution in [3.8, 4) is 0 Å². The third-order valence-corrected chi connectivity index (χ3v) is 4.78. The molecule has 19 heavy (non-hydrogen) atoms. The molecule has 3 nitrogen and oxygen atoms in total. The van der Waals surface area contributed by atoms with Crippen LogP contribution in [0.15, 0.2) is 22.7 Å². The zero-order chi connectivity index (χ0) is 14.0. The minimum atomic E-state index is -0.0475. The second-order valence-electron chi connectivity index (χ2n) is 4.81. The number of hydrogen-bond donors (Lipinski definition) is 0. The molecule has 0 saturated heterocycles. The van der Waals surface area contributed by atoms with Crippen molar-refractivity contribution in [3.63, 3.8) is 0 Å². The lowest BCUT2D eigenvalue weighted by Crippen LogP contribution is -2.39. The first-order valence-corrected chi connectivity index (χ1v) is 7.40. The number of carbonyl (C=O) groups excluding carboxylic acids is 2. The predicted octanol–water partition coefficient (Wildman–Crippen LogP) is 3.69. The van der Waals surface area contributed by atoms with Gasteiger partial charge in [0.05, 0.1) is 5.02 Å². The van der Waals surface area contributed by atoms with Gasteiger partial charge in [0.1, 0.15) is 5.78 Å². The van der Waals surface area contributed by atoms with Gasteiger partial charge in [-0.1, -0.05) is 11.6 Å². The Morgan fingerprint density at radius 1 is 1.37 bits per heavy atom. The second kappa shape index (κ2) is 6.06. The molecule has 0 N–H and O–H groups in total. The van der Waals surface area contributed by atoms with E-state index >= 15 is 0 Å². The summed E-state index contributed by atoms with van der Waals surface area (Å²) < 4.78 is 0.775. The van der Waals surface area contributed by atoms with E-state index in [1.54, 1.807) is 30.1 Å². The molecule has 0 spiro atoms. The third-order valence-electron chi connectivity index (χ3n) is 3.55. The normalized spacial score (nSPS) is 16.5. The van der Waals surface area contributed by atoms with E-state index in [9.17, 15) is 9.59 Å². The van der Waals surface area contributed by atoms with E-state index in [0.717, 1.165) is 17.3 Å². The van der Waals surface area contributed by atoms with Gasteiger partial charge in [0.15, 0.2) is 0 Å². The molecule has 0 aromatic heterocycles. The van der Waals surface area contributed by atoms with E-state index in [1.165, 1.54) is 0 Å². The van der Waals surface area contributed by atoms with Crippen LogP contribution in [0, 0.1) is 0 Å². The highest BCUT2D eigenvalue weighted by atomic mass is 79.9. The Morgan fingerprint density at radius 3 is 2.58 bits per heavy atom. The molecule has 0 unspecified atom stereocenters. The number of rotatable bonds is 2. The van der Waals surface area contributed by atoms with Crippen LogP contribution < -0.4 is 0 Å². The molecule has 1 fully saturated rings. The molecule has 1 aliphatic rings. The summed E-state index contributed by atoms with van der Waals surface area (Å²) in [6.45, 7) is 0. The van der Waals surface area contributed by atoms with E-state index in [1.807, 2.05) is 0 Å². The zero-order valence-electron chi connectivity index (χ0n) is 10.7. The monoisotopic (exact) mass is 343 g/mol. The first-order valence-electron chi connectivity index (χ1n) is 6.23. The number of hydrogen-bond acceptors (Lipinski definition) is 2. The van der Waals surface area contributed by atoms with Crippen molar-refractivity contribution in [2.45, 2.75) is 31.7 Å². The Hall–Kier alpha value is -0.870. The van der Waals surface area contributed by atoms with Gasteiger partial charge in [-0.3, -0.25) is 9.59 Å². The topological polar surface area (TPSA) is 37.4 Å². The summed E-state index contributed by atoms with van der Waals surface area (Å²) in [7, 11) is 1.79. The molecule has 0 atom stereocenters. The van der Waals surface area contributed by atoms with Crippen LogP contribution in [0.3, 0.4) is 0 Å². The lowest BCUT2D eigenvalue weighted by molar-refractivity contribution is -0.121. The van der Waals surface area contributed by atoms with Crippen LogP contribution in [-0.4, -0.2) is 29.7 Å². The summed E-state index contributed by atoms with van der Waals surface area (Å²) in [5, 5.41) is 0.526. The van der Waals surface area contributed by atoms with Crippen LogP contribution in [0.4, 0.5) is 0 Å². The van der Waals surface area contributed by atoms with E-state index < -0.39 is 0 Å². The molecular weight excluding hydrogens is 330 g/mol. The summed E-state index contributed by atoms with van der Waals surface area (Å²) >= 11 is 9.31. The van der Waals surface area contributed by atoms with Crippen molar-refractivity contribution in [2.24, 2.45) is 0 Å². The molecule has 102 valence electrons. The molecule has 5 heteroatoms. The Morgan fingerprint density at radius 2 is 2.00 bits per heavy atom. The van der Waals surface area contributed by atoms with Crippen molar-refractivity contribution in [2.75, 3.05) is 7.05 Å². The van der Waals surface area contributed by atoms with Gasteiger partial charge in [0.2, 0.25) is 0 Å². The summed E-state index contributed by atoms with van der Waals surface area (Å²) in [4.78, 5) is 25.3. The molecule has 1 aliphatic carbocycles. The van der Waals surface area contributed by atoms with Gasteiger partial charge in [-0.05, 0) is 47.0 Å².